The van der Waals surface area contributed by atoms with Gasteiger partial charge >= 0.3 is 5.97 Å². The van der Waals surface area contributed by atoms with E-state index in [1.54, 1.807) is 0 Å². The topological polar surface area (TPSA) is 68.6 Å². The maximum atomic E-state index is 12.4. The third-order valence-electron chi connectivity index (χ3n) is 3.47. The van der Waals surface area contributed by atoms with Gasteiger partial charge in [0, 0.05) is 12.4 Å². The molecule has 6 nitrogen and oxygen atoms in total. The van der Waals surface area contributed by atoms with Gasteiger partial charge in [-0.15, -0.1) is 0 Å². The summed E-state index contributed by atoms with van der Waals surface area (Å²) in [5.74, 6) is -0.530. The Morgan fingerprint density at radius 1 is 1.37 bits per heavy atom. The monoisotopic (exact) mass is 286 g/mol. The SMILES string of the molecule is COC(=O)c1ccn(S(=O)(=O)C2CCN(C)CC2)c1. The lowest BCUT2D eigenvalue weighted by Gasteiger charge is -2.28. The highest BCUT2D eigenvalue weighted by molar-refractivity contribution is 7.90. The first-order valence-electron chi connectivity index (χ1n) is 6.14. The van der Waals surface area contributed by atoms with Gasteiger partial charge in [0.15, 0.2) is 0 Å². The molecule has 1 aromatic rings. The number of carbonyl (C=O) groups excluding carboxylic acids is 1. The van der Waals surface area contributed by atoms with Crippen molar-refractivity contribution in [1.29, 1.82) is 0 Å². The Morgan fingerprint density at radius 2 is 2.00 bits per heavy atom. The Morgan fingerprint density at radius 3 is 2.58 bits per heavy atom. The molecule has 0 amide bonds. The van der Waals surface area contributed by atoms with Crippen molar-refractivity contribution < 1.29 is 17.9 Å². The Kier molecular flexibility index (Phi) is 3.96. The molecule has 0 bridgehead atoms. The molecule has 0 saturated carbocycles. The molecular weight excluding hydrogens is 268 g/mol. The van der Waals surface area contributed by atoms with Crippen LogP contribution in [-0.2, 0) is 14.8 Å². The van der Waals surface area contributed by atoms with Crippen LogP contribution in [0.15, 0.2) is 18.5 Å². The van der Waals surface area contributed by atoms with Crippen molar-refractivity contribution in [2.45, 2.75) is 18.1 Å². The van der Waals surface area contributed by atoms with Crippen molar-refractivity contribution in [2.24, 2.45) is 0 Å². The molecule has 2 rings (SSSR count). The maximum absolute atomic E-state index is 12.4. The number of nitrogens with zero attached hydrogens (tertiary/aromatic N) is 2. The zero-order valence-electron chi connectivity index (χ0n) is 11.1. The molecule has 0 N–H and O–H groups in total. The van der Waals surface area contributed by atoms with Crippen LogP contribution >= 0.6 is 0 Å². The van der Waals surface area contributed by atoms with E-state index in [4.69, 9.17) is 0 Å². The predicted molar refractivity (Wildman–Crippen MR) is 70.6 cm³/mol. The molecule has 7 heteroatoms. The van der Waals surface area contributed by atoms with Crippen LogP contribution in [0.1, 0.15) is 23.2 Å². The van der Waals surface area contributed by atoms with Crippen molar-refractivity contribution in [3.8, 4) is 0 Å². The van der Waals surface area contributed by atoms with Gasteiger partial charge in [-0.2, -0.15) is 0 Å². The number of carbonyl (C=O) groups is 1. The maximum Gasteiger partial charge on any atom is 0.339 e. The van der Waals surface area contributed by atoms with Crippen LogP contribution in [0.25, 0.3) is 0 Å². The van der Waals surface area contributed by atoms with Crippen molar-refractivity contribution in [3.05, 3.63) is 24.0 Å². The van der Waals surface area contributed by atoms with Gasteiger partial charge < -0.3 is 9.64 Å². The molecule has 0 unspecified atom stereocenters. The molecule has 1 saturated heterocycles. The zero-order chi connectivity index (χ0) is 14.0. The highest BCUT2D eigenvalue weighted by Gasteiger charge is 2.30. The predicted octanol–water partition coefficient (Wildman–Crippen LogP) is 0.547. The largest absolute Gasteiger partial charge is 0.465 e. The molecule has 0 aliphatic carbocycles. The van der Waals surface area contributed by atoms with E-state index in [0.29, 0.717) is 12.8 Å². The van der Waals surface area contributed by atoms with E-state index < -0.39 is 16.0 Å². The van der Waals surface area contributed by atoms with E-state index in [0.717, 1.165) is 17.1 Å². The fourth-order valence-corrected chi connectivity index (χ4v) is 3.87. The van der Waals surface area contributed by atoms with Crippen LogP contribution in [0.4, 0.5) is 0 Å². The second-order valence-corrected chi connectivity index (χ2v) is 6.89. The van der Waals surface area contributed by atoms with Crippen LogP contribution in [0.5, 0.6) is 0 Å². The summed E-state index contributed by atoms with van der Waals surface area (Å²) in [6.07, 6.45) is 3.95. The second kappa shape index (κ2) is 5.34. The molecule has 106 valence electrons. The van der Waals surface area contributed by atoms with Crippen LogP contribution in [0, 0.1) is 0 Å². The molecule has 2 heterocycles. The van der Waals surface area contributed by atoms with Crippen molar-refractivity contribution >= 4 is 16.0 Å². The Balaban J connectivity index is 2.20. The van der Waals surface area contributed by atoms with Gasteiger partial charge in [0.05, 0.1) is 17.9 Å². The van der Waals surface area contributed by atoms with Crippen LogP contribution in [0.3, 0.4) is 0 Å². The number of piperidine rings is 1. The standard InChI is InChI=1S/C12H18N2O4S/c1-13-6-4-11(5-7-13)19(16,17)14-8-3-10(9-14)12(15)18-2/h3,8-9,11H,4-7H2,1-2H3. The molecule has 19 heavy (non-hydrogen) atoms. The lowest BCUT2D eigenvalue weighted by atomic mass is 10.1. The lowest BCUT2D eigenvalue weighted by Crippen LogP contribution is -2.38. The molecule has 0 aromatic carbocycles. The van der Waals surface area contributed by atoms with Crippen molar-refractivity contribution in [3.63, 3.8) is 0 Å². The molecular formula is C12H18N2O4S. The normalized spacial score (nSPS) is 18.4. The summed E-state index contributed by atoms with van der Waals surface area (Å²) in [6, 6.07) is 1.46. The van der Waals surface area contributed by atoms with E-state index in [9.17, 15) is 13.2 Å². The zero-order valence-corrected chi connectivity index (χ0v) is 11.9. The number of esters is 1. The smallest absolute Gasteiger partial charge is 0.339 e. The third-order valence-corrected chi connectivity index (χ3v) is 5.60. The first-order valence-corrected chi connectivity index (χ1v) is 7.64. The van der Waals surface area contributed by atoms with E-state index in [2.05, 4.69) is 9.64 Å². The minimum absolute atomic E-state index is 0.249. The Hall–Kier alpha value is -1.34. The van der Waals surface area contributed by atoms with E-state index in [-0.39, 0.29) is 10.8 Å². The highest BCUT2D eigenvalue weighted by Crippen LogP contribution is 2.20. The summed E-state index contributed by atoms with van der Waals surface area (Å²) in [4.78, 5) is 13.4. The summed E-state index contributed by atoms with van der Waals surface area (Å²) >= 11 is 0. The molecule has 1 aliphatic heterocycles. The number of rotatable bonds is 3. The van der Waals surface area contributed by atoms with Gasteiger partial charge in [0.1, 0.15) is 0 Å². The van der Waals surface area contributed by atoms with Gasteiger partial charge in [-0.25, -0.2) is 13.2 Å². The van der Waals surface area contributed by atoms with Crippen LogP contribution < -0.4 is 0 Å². The summed E-state index contributed by atoms with van der Waals surface area (Å²) < 4.78 is 30.5. The molecule has 1 aliphatic rings. The van der Waals surface area contributed by atoms with Crippen molar-refractivity contribution in [2.75, 3.05) is 27.2 Å². The minimum Gasteiger partial charge on any atom is -0.465 e. The highest BCUT2D eigenvalue weighted by atomic mass is 32.2. The van der Waals surface area contributed by atoms with E-state index >= 15 is 0 Å². The number of hydrogen-bond donors (Lipinski definition) is 0. The number of hydrogen-bond acceptors (Lipinski definition) is 5. The summed E-state index contributed by atoms with van der Waals surface area (Å²) in [5, 5.41) is -0.387. The number of likely N-dealkylation sites (tertiary alicyclic amines) is 1. The van der Waals surface area contributed by atoms with Gasteiger partial charge in [0.2, 0.25) is 10.0 Å². The fraction of sp³-hybridized carbons (Fsp3) is 0.583. The summed E-state index contributed by atoms with van der Waals surface area (Å²) in [6.45, 7) is 1.55. The quantitative estimate of drug-likeness (QED) is 0.759. The van der Waals surface area contributed by atoms with Crippen LogP contribution in [0.2, 0.25) is 0 Å². The molecule has 1 fully saturated rings. The van der Waals surface area contributed by atoms with Gasteiger partial charge in [-0.1, -0.05) is 0 Å². The fourth-order valence-electron chi connectivity index (χ4n) is 2.23. The summed E-state index contributed by atoms with van der Waals surface area (Å²) in [5.41, 5.74) is 0.249. The Labute approximate surface area is 113 Å². The molecule has 0 atom stereocenters. The minimum atomic E-state index is -3.42. The summed E-state index contributed by atoms with van der Waals surface area (Å²) in [7, 11) is -0.175. The average Bonchev–Trinajstić information content (AvgIpc) is 2.88. The molecule has 1 aromatic heterocycles. The van der Waals surface area contributed by atoms with E-state index in [1.807, 2.05) is 7.05 Å². The number of aromatic nitrogens is 1. The Bertz CT molecular complexity index is 556. The van der Waals surface area contributed by atoms with Crippen molar-refractivity contribution in [1.82, 2.24) is 8.87 Å². The first kappa shape index (κ1) is 14.1. The number of ether oxygens (including phenoxy) is 1. The molecule has 0 radical (unpaired) electrons. The lowest BCUT2D eigenvalue weighted by molar-refractivity contribution is 0.0601. The average molecular weight is 286 g/mol. The molecule has 0 spiro atoms. The van der Waals surface area contributed by atoms with Gasteiger partial charge in [-0.3, -0.25) is 3.97 Å². The van der Waals surface area contributed by atoms with Gasteiger partial charge in [0.25, 0.3) is 0 Å². The second-order valence-electron chi connectivity index (χ2n) is 4.77. The van der Waals surface area contributed by atoms with Gasteiger partial charge in [-0.05, 0) is 39.0 Å². The third kappa shape index (κ3) is 2.82. The van der Waals surface area contributed by atoms with E-state index in [1.165, 1.54) is 25.6 Å². The number of methoxy groups -OCH3 is 1. The first-order chi connectivity index (χ1) is 8.95. The van der Waals surface area contributed by atoms with Crippen LogP contribution in [-0.4, -0.2) is 55.8 Å².